The lowest BCUT2D eigenvalue weighted by Gasteiger charge is -2.11. The number of hydrogen-bond donors (Lipinski definition) is 0. The molecule has 5 rings (SSSR count). The van der Waals surface area contributed by atoms with Crippen LogP contribution in [0.25, 0.3) is 0 Å². The van der Waals surface area contributed by atoms with E-state index in [1.807, 2.05) is 74.5 Å². The summed E-state index contributed by atoms with van der Waals surface area (Å²) in [7, 11) is 0. The van der Waals surface area contributed by atoms with Gasteiger partial charge in [-0.25, -0.2) is 0 Å². The summed E-state index contributed by atoms with van der Waals surface area (Å²) in [6.07, 6.45) is 3.24. The molecule has 0 saturated heterocycles. The average molecular weight is 473 g/mol. The Kier molecular flexibility index (Phi) is 6.36. The molecule has 0 aliphatic heterocycles. The van der Waals surface area contributed by atoms with E-state index < -0.39 is 0 Å². The molecule has 0 amide bonds. The minimum atomic E-state index is -0.266. The predicted octanol–water partition coefficient (Wildman–Crippen LogP) is 7.54. The van der Waals surface area contributed by atoms with Gasteiger partial charge in [0.1, 0.15) is 63.5 Å². The largest absolute Gasteiger partial charge is 0.468 e. The molecule has 0 fully saturated rings. The van der Waals surface area contributed by atoms with Crippen molar-refractivity contribution in [2.45, 2.75) is 51.9 Å². The molecule has 0 spiro atoms. The first-order valence-corrected chi connectivity index (χ1v) is 11.8. The van der Waals surface area contributed by atoms with Gasteiger partial charge in [0.05, 0.1) is 18.6 Å². The van der Waals surface area contributed by atoms with Gasteiger partial charge in [-0.3, -0.25) is 0 Å². The van der Waals surface area contributed by atoms with Gasteiger partial charge in [-0.15, -0.1) is 0 Å². The first-order chi connectivity index (χ1) is 17.0. The molecule has 0 bridgehead atoms. The molecule has 2 atom stereocenters. The third kappa shape index (κ3) is 5.11. The second-order valence-corrected chi connectivity index (χ2v) is 8.92. The van der Waals surface area contributed by atoms with E-state index >= 15 is 0 Å². The van der Waals surface area contributed by atoms with Gasteiger partial charge in [0.2, 0.25) is 0 Å². The molecule has 0 aromatic carbocycles. The number of carbonyl (C=O) groups is 1. The Morgan fingerprint density at radius 3 is 1.89 bits per heavy atom. The van der Waals surface area contributed by atoms with Crippen LogP contribution in [0.3, 0.4) is 0 Å². The van der Waals surface area contributed by atoms with E-state index in [1.165, 1.54) is 0 Å². The molecule has 180 valence electrons. The Balaban J connectivity index is 1.37. The van der Waals surface area contributed by atoms with Gasteiger partial charge >= 0.3 is 0 Å². The molecule has 5 aromatic rings. The summed E-state index contributed by atoms with van der Waals surface area (Å²) in [5, 5.41) is 0. The monoisotopic (exact) mass is 472 g/mol. The average Bonchev–Trinajstić information content (AvgIpc) is 3.63. The molecule has 6 heteroatoms. The molecule has 0 saturated carbocycles. The first-order valence-electron chi connectivity index (χ1n) is 11.8. The fourth-order valence-electron chi connectivity index (χ4n) is 4.39. The van der Waals surface area contributed by atoms with Crippen molar-refractivity contribution >= 4 is 5.78 Å². The Labute approximate surface area is 203 Å². The molecule has 0 aliphatic rings. The molecule has 5 heterocycles. The quantitative estimate of drug-likeness (QED) is 0.209. The van der Waals surface area contributed by atoms with Crippen molar-refractivity contribution in [2.24, 2.45) is 0 Å². The lowest BCUT2D eigenvalue weighted by molar-refractivity contribution is -0.117. The maximum atomic E-state index is 11.6. The summed E-state index contributed by atoms with van der Waals surface area (Å²) in [5.74, 6) is 6.82. The van der Waals surface area contributed by atoms with Gasteiger partial charge in [0.25, 0.3) is 0 Å². The predicted molar refractivity (Wildman–Crippen MR) is 129 cm³/mol. The maximum Gasteiger partial charge on any atom is 0.133 e. The number of ketones is 1. The highest BCUT2D eigenvalue weighted by Gasteiger charge is 2.27. The van der Waals surface area contributed by atoms with Crippen molar-refractivity contribution in [1.82, 2.24) is 0 Å². The lowest BCUT2D eigenvalue weighted by Crippen LogP contribution is -2.02. The van der Waals surface area contributed by atoms with Crippen molar-refractivity contribution in [3.63, 3.8) is 0 Å². The van der Waals surface area contributed by atoms with Crippen molar-refractivity contribution in [3.05, 3.63) is 119 Å². The summed E-state index contributed by atoms with van der Waals surface area (Å²) in [6, 6.07) is 19.3. The van der Waals surface area contributed by atoms with Crippen LogP contribution in [0.1, 0.15) is 83.4 Å². The number of Topliss-reactive ketones (excluding diaryl/α,β-unsaturated/α-hetero) is 1. The fourth-order valence-corrected chi connectivity index (χ4v) is 4.39. The standard InChI is InChI=1S/C29H28O6/c1-18(30)6-11-23(24-12-7-19(2)32-24)25-14-9-21(34-25)17-22-10-15-28(35-22)29(26-5-4-16-31-26)27-13-8-20(3)33-27/h4-5,7-10,12-16,23,29H,6,11,17H2,1-3H3. The Morgan fingerprint density at radius 1 is 0.714 bits per heavy atom. The highest BCUT2D eigenvalue weighted by atomic mass is 16.4. The van der Waals surface area contributed by atoms with Crippen LogP contribution in [0.15, 0.2) is 89.0 Å². The Hall–Kier alpha value is -3.93. The number of aryl methyl sites for hydroxylation is 2. The van der Waals surface area contributed by atoms with Gasteiger partial charge in [0.15, 0.2) is 0 Å². The van der Waals surface area contributed by atoms with Crippen LogP contribution >= 0.6 is 0 Å². The highest BCUT2D eigenvalue weighted by molar-refractivity contribution is 5.75. The summed E-state index contributed by atoms with van der Waals surface area (Å²) in [6.45, 7) is 5.43. The molecule has 0 N–H and O–H groups in total. The van der Waals surface area contributed by atoms with E-state index in [1.54, 1.807) is 13.2 Å². The van der Waals surface area contributed by atoms with Crippen molar-refractivity contribution in [1.29, 1.82) is 0 Å². The zero-order valence-corrected chi connectivity index (χ0v) is 20.1. The number of furan rings is 5. The maximum absolute atomic E-state index is 11.6. The van der Waals surface area contributed by atoms with E-state index in [2.05, 4.69) is 0 Å². The van der Waals surface area contributed by atoms with Crippen LogP contribution in [0, 0.1) is 13.8 Å². The van der Waals surface area contributed by atoms with Gasteiger partial charge in [-0.1, -0.05) is 0 Å². The van der Waals surface area contributed by atoms with Crippen LogP contribution in [-0.2, 0) is 11.2 Å². The molecule has 0 aliphatic carbocycles. The van der Waals surface area contributed by atoms with Crippen molar-refractivity contribution < 1.29 is 26.9 Å². The van der Waals surface area contributed by atoms with Crippen LogP contribution in [0.5, 0.6) is 0 Å². The third-order valence-corrected chi connectivity index (χ3v) is 6.10. The number of hydrogen-bond acceptors (Lipinski definition) is 6. The van der Waals surface area contributed by atoms with E-state index in [0.29, 0.717) is 19.3 Å². The van der Waals surface area contributed by atoms with E-state index in [0.717, 1.165) is 51.8 Å². The molecular weight excluding hydrogens is 444 g/mol. The summed E-state index contributed by atoms with van der Waals surface area (Å²) in [4.78, 5) is 11.6. The summed E-state index contributed by atoms with van der Waals surface area (Å²) >= 11 is 0. The minimum absolute atomic E-state index is 0.112. The van der Waals surface area contributed by atoms with Crippen molar-refractivity contribution in [2.75, 3.05) is 0 Å². The highest BCUT2D eigenvalue weighted by Crippen LogP contribution is 2.36. The Morgan fingerprint density at radius 2 is 1.29 bits per heavy atom. The van der Waals surface area contributed by atoms with Gasteiger partial charge in [-0.2, -0.15) is 0 Å². The molecule has 35 heavy (non-hydrogen) atoms. The van der Waals surface area contributed by atoms with Crippen LogP contribution in [0.2, 0.25) is 0 Å². The zero-order chi connectivity index (χ0) is 24.4. The van der Waals surface area contributed by atoms with Crippen LogP contribution < -0.4 is 0 Å². The lowest BCUT2D eigenvalue weighted by atomic mass is 9.96. The number of carbonyl (C=O) groups excluding carboxylic acids is 1. The number of rotatable bonds is 10. The van der Waals surface area contributed by atoms with Crippen LogP contribution in [-0.4, -0.2) is 5.78 Å². The normalized spacial score (nSPS) is 13.2. The van der Waals surface area contributed by atoms with Crippen molar-refractivity contribution in [3.8, 4) is 0 Å². The molecule has 0 radical (unpaired) electrons. The molecule has 2 unspecified atom stereocenters. The van der Waals surface area contributed by atoms with E-state index in [-0.39, 0.29) is 17.6 Å². The minimum Gasteiger partial charge on any atom is -0.468 e. The summed E-state index contributed by atoms with van der Waals surface area (Å²) < 4.78 is 29.9. The zero-order valence-electron chi connectivity index (χ0n) is 20.1. The molecule has 6 nitrogen and oxygen atoms in total. The van der Waals surface area contributed by atoms with Gasteiger partial charge < -0.3 is 26.9 Å². The summed E-state index contributed by atoms with van der Waals surface area (Å²) in [5.41, 5.74) is 0. The fraction of sp³-hybridized carbons (Fsp3) is 0.276. The Bertz CT molecular complexity index is 1390. The molecular formula is C29H28O6. The second-order valence-electron chi connectivity index (χ2n) is 8.92. The first kappa shape index (κ1) is 22.8. The SMILES string of the molecule is CC(=O)CCC(c1ccc(C)o1)c1ccc(Cc2ccc(C(c3ccco3)c3ccc(C)o3)o2)o1. The van der Waals surface area contributed by atoms with E-state index in [9.17, 15) is 4.79 Å². The topological polar surface area (TPSA) is 82.8 Å². The van der Waals surface area contributed by atoms with Gasteiger partial charge in [0, 0.05) is 6.42 Å². The molecule has 5 aromatic heterocycles. The third-order valence-electron chi connectivity index (χ3n) is 6.10. The van der Waals surface area contributed by atoms with Gasteiger partial charge in [-0.05, 0) is 87.9 Å². The van der Waals surface area contributed by atoms with Crippen LogP contribution in [0.4, 0.5) is 0 Å². The van der Waals surface area contributed by atoms with E-state index in [4.69, 9.17) is 22.1 Å². The smallest absolute Gasteiger partial charge is 0.133 e. The second kappa shape index (κ2) is 9.74.